The molecule has 1 aliphatic rings. The lowest BCUT2D eigenvalue weighted by atomic mass is 9.85. The highest BCUT2D eigenvalue weighted by Crippen LogP contribution is 2.37. The summed E-state index contributed by atoms with van der Waals surface area (Å²) in [5.74, 6) is 0. The Labute approximate surface area is 119 Å². The van der Waals surface area contributed by atoms with Gasteiger partial charge in [-0.15, -0.1) is 0 Å². The van der Waals surface area contributed by atoms with Crippen molar-refractivity contribution in [3.63, 3.8) is 0 Å². The minimum Gasteiger partial charge on any atom is -0.381 e. The summed E-state index contributed by atoms with van der Waals surface area (Å²) in [6.45, 7) is 3.86. The van der Waals surface area contributed by atoms with E-state index in [2.05, 4.69) is 43.9 Å². The Kier molecular flexibility index (Phi) is 4.31. The topological polar surface area (TPSA) is 27.1 Å². The zero-order valence-corrected chi connectivity index (χ0v) is 13.5. The Bertz CT molecular complexity index is 397. The molecule has 1 unspecified atom stereocenters. The van der Waals surface area contributed by atoms with Crippen molar-refractivity contribution in [1.29, 1.82) is 0 Å². The van der Waals surface area contributed by atoms with Crippen molar-refractivity contribution in [3.05, 3.63) is 15.9 Å². The van der Waals surface area contributed by atoms with Gasteiger partial charge in [-0.25, -0.2) is 0 Å². The van der Waals surface area contributed by atoms with Crippen molar-refractivity contribution in [2.45, 2.75) is 26.2 Å². The summed E-state index contributed by atoms with van der Waals surface area (Å²) in [4.78, 5) is 0. The number of aromatic nitrogens is 2. The summed E-state index contributed by atoms with van der Waals surface area (Å²) >= 11 is 7.32. The number of halogens is 2. The number of aryl methyl sites for hydroxylation is 2. The van der Waals surface area contributed by atoms with E-state index in [0.717, 1.165) is 43.5 Å². The molecule has 1 aliphatic heterocycles. The summed E-state index contributed by atoms with van der Waals surface area (Å²) in [7, 11) is 2.02. The van der Waals surface area contributed by atoms with E-state index in [4.69, 9.17) is 4.74 Å². The Morgan fingerprint density at radius 3 is 2.76 bits per heavy atom. The molecule has 0 radical (unpaired) electrons. The fraction of sp³-hybridized carbons (Fsp3) is 0.750. The van der Waals surface area contributed by atoms with Gasteiger partial charge in [-0.2, -0.15) is 5.10 Å². The summed E-state index contributed by atoms with van der Waals surface area (Å²) < 4.78 is 8.74. The van der Waals surface area contributed by atoms with E-state index < -0.39 is 0 Å². The van der Waals surface area contributed by atoms with E-state index in [9.17, 15) is 0 Å². The molecule has 1 saturated heterocycles. The third kappa shape index (κ3) is 2.61. The summed E-state index contributed by atoms with van der Waals surface area (Å²) in [6, 6.07) is 0. The van der Waals surface area contributed by atoms with Gasteiger partial charge in [-0.3, -0.25) is 4.68 Å². The molecule has 1 fully saturated rings. The first-order chi connectivity index (χ1) is 8.12. The molecule has 5 heteroatoms. The number of alkyl halides is 1. The molecule has 0 bridgehead atoms. The van der Waals surface area contributed by atoms with Gasteiger partial charge in [-0.1, -0.05) is 22.9 Å². The molecule has 3 nitrogen and oxygen atoms in total. The van der Waals surface area contributed by atoms with Crippen LogP contribution in [-0.4, -0.2) is 28.3 Å². The second kappa shape index (κ2) is 5.41. The Hall–Kier alpha value is 0.130. The Morgan fingerprint density at radius 1 is 1.53 bits per heavy atom. The monoisotopic (exact) mass is 364 g/mol. The average molecular weight is 366 g/mol. The normalized spacial score (nSPS) is 24.5. The van der Waals surface area contributed by atoms with Gasteiger partial charge in [0.1, 0.15) is 0 Å². The first-order valence-corrected chi connectivity index (χ1v) is 7.87. The Balaban J connectivity index is 2.25. The summed E-state index contributed by atoms with van der Waals surface area (Å²) in [5.41, 5.74) is 2.67. The molecule has 1 atom stereocenters. The van der Waals surface area contributed by atoms with E-state index in [0.29, 0.717) is 0 Å². The largest absolute Gasteiger partial charge is 0.381 e. The third-order valence-corrected chi connectivity index (χ3v) is 5.62. The number of rotatable bonds is 4. The second-order valence-electron chi connectivity index (χ2n) is 4.80. The molecule has 17 heavy (non-hydrogen) atoms. The minimum atomic E-state index is 0.237. The molecule has 0 spiro atoms. The van der Waals surface area contributed by atoms with Crippen LogP contribution in [0.5, 0.6) is 0 Å². The van der Waals surface area contributed by atoms with Gasteiger partial charge >= 0.3 is 0 Å². The molecule has 2 heterocycles. The van der Waals surface area contributed by atoms with Gasteiger partial charge in [-0.05, 0) is 35.2 Å². The van der Waals surface area contributed by atoms with Crippen LogP contribution in [0.4, 0.5) is 0 Å². The van der Waals surface area contributed by atoms with Gasteiger partial charge in [0, 0.05) is 24.4 Å². The molecule has 0 aromatic carbocycles. The third-order valence-electron chi connectivity index (χ3n) is 3.51. The van der Waals surface area contributed by atoms with Gasteiger partial charge in [0.15, 0.2) is 0 Å². The number of hydrogen-bond donors (Lipinski definition) is 0. The molecular weight excluding hydrogens is 348 g/mol. The van der Waals surface area contributed by atoms with Gasteiger partial charge < -0.3 is 4.74 Å². The minimum absolute atomic E-state index is 0.237. The molecule has 96 valence electrons. The van der Waals surface area contributed by atoms with E-state index in [1.165, 1.54) is 10.2 Å². The van der Waals surface area contributed by atoms with E-state index >= 15 is 0 Å². The van der Waals surface area contributed by atoms with Crippen LogP contribution in [0.1, 0.15) is 24.7 Å². The van der Waals surface area contributed by atoms with Crippen LogP contribution in [0.2, 0.25) is 0 Å². The van der Waals surface area contributed by atoms with Crippen LogP contribution < -0.4 is 0 Å². The van der Waals surface area contributed by atoms with Gasteiger partial charge in [0.25, 0.3) is 0 Å². The van der Waals surface area contributed by atoms with E-state index in [-0.39, 0.29) is 5.41 Å². The molecule has 0 amide bonds. The average Bonchev–Trinajstić information content (AvgIpc) is 2.90. The lowest BCUT2D eigenvalue weighted by Crippen LogP contribution is -2.27. The van der Waals surface area contributed by atoms with Crippen LogP contribution in [0.3, 0.4) is 0 Å². The maximum absolute atomic E-state index is 5.56. The molecule has 1 aromatic heterocycles. The van der Waals surface area contributed by atoms with Crippen molar-refractivity contribution in [2.75, 3.05) is 18.5 Å². The first kappa shape index (κ1) is 13.6. The summed E-state index contributed by atoms with van der Waals surface area (Å²) in [5, 5.41) is 5.53. The molecule has 1 aromatic rings. The first-order valence-electron chi connectivity index (χ1n) is 5.96. The lowest BCUT2D eigenvalue weighted by molar-refractivity contribution is 0.161. The highest BCUT2D eigenvalue weighted by atomic mass is 79.9. The highest BCUT2D eigenvalue weighted by molar-refractivity contribution is 9.10. The quantitative estimate of drug-likeness (QED) is 0.766. The van der Waals surface area contributed by atoms with E-state index in [1.807, 2.05) is 11.7 Å². The Morgan fingerprint density at radius 2 is 2.29 bits per heavy atom. The molecular formula is C12H18Br2N2O. The predicted octanol–water partition coefficient (Wildman–Crippen LogP) is 3.09. The summed E-state index contributed by atoms with van der Waals surface area (Å²) in [6.07, 6.45) is 3.10. The van der Waals surface area contributed by atoms with Gasteiger partial charge in [0.05, 0.1) is 22.5 Å². The van der Waals surface area contributed by atoms with E-state index in [1.54, 1.807) is 0 Å². The number of ether oxygens (including phenoxy) is 1. The number of hydrogen-bond acceptors (Lipinski definition) is 2. The maximum Gasteiger partial charge on any atom is 0.0766 e. The second-order valence-corrected chi connectivity index (χ2v) is 6.15. The van der Waals surface area contributed by atoms with Gasteiger partial charge in [0.2, 0.25) is 0 Å². The smallest absolute Gasteiger partial charge is 0.0766 e. The zero-order valence-electron chi connectivity index (χ0n) is 10.3. The molecule has 2 rings (SSSR count). The van der Waals surface area contributed by atoms with Crippen LogP contribution in [0.15, 0.2) is 4.47 Å². The van der Waals surface area contributed by atoms with Crippen molar-refractivity contribution in [2.24, 2.45) is 12.5 Å². The lowest BCUT2D eigenvalue weighted by Gasteiger charge is -2.24. The fourth-order valence-corrected chi connectivity index (χ4v) is 3.71. The molecule has 0 N–H and O–H groups in total. The molecule has 0 aliphatic carbocycles. The van der Waals surface area contributed by atoms with Crippen LogP contribution in [0.25, 0.3) is 0 Å². The van der Waals surface area contributed by atoms with Crippen molar-refractivity contribution in [1.82, 2.24) is 9.78 Å². The standard InChI is InChI=1S/C12H18Br2N2O/c1-3-9-11(14)10(16(2)15-9)6-12(7-13)4-5-17-8-12/h3-8H2,1-2H3. The van der Waals surface area contributed by atoms with Crippen molar-refractivity contribution in [3.8, 4) is 0 Å². The van der Waals surface area contributed by atoms with Crippen LogP contribution in [-0.2, 0) is 24.6 Å². The predicted molar refractivity (Wildman–Crippen MR) is 75.7 cm³/mol. The highest BCUT2D eigenvalue weighted by Gasteiger charge is 2.35. The zero-order chi connectivity index (χ0) is 12.5. The van der Waals surface area contributed by atoms with Crippen LogP contribution >= 0.6 is 31.9 Å². The molecule has 0 saturated carbocycles. The van der Waals surface area contributed by atoms with Crippen LogP contribution in [0, 0.1) is 5.41 Å². The maximum atomic E-state index is 5.56. The van der Waals surface area contributed by atoms with Crippen molar-refractivity contribution >= 4 is 31.9 Å². The SMILES string of the molecule is CCc1nn(C)c(CC2(CBr)CCOC2)c1Br. The van der Waals surface area contributed by atoms with Crippen molar-refractivity contribution < 1.29 is 4.74 Å². The number of nitrogens with zero attached hydrogens (tertiary/aromatic N) is 2. The fourth-order valence-electron chi connectivity index (χ4n) is 2.31.